The Morgan fingerprint density at radius 3 is 2.73 bits per heavy atom. The molecule has 1 N–H and O–H groups in total. The molecule has 0 amide bonds. The van der Waals surface area contributed by atoms with Crippen molar-refractivity contribution < 1.29 is 24.2 Å². The van der Waals surface area contributed by atoms with E-state index in [2.05, 4.69) is 20.8 Å². The van der Waals surface area contributed by atoms with Gasteiger partial charge in [-0.25, -0.2) is 4.79 Å². The summed E-state index contributed by atoms with van der Waals surface area (Å²) in [6.45, 7) is 8.45. The highest BCUT2D eigenvalue weighted by Crippen LogP contribution is 2.63. The smallest absolute Gasteiger partial charge is 0.343 e. The Bertz CT molecular complexity index is 622. The molecule has 0 aromatic heterocycles. The van der Waals surface area contributed by atoms with E-state index < -0.39 is 23.1 Å². The van der Waals surface area contributed by atoms with Crippen LogP contribution in [0.2, 0.25) is 0 Å². The molecule has 2 aliphatic carbocycles. The van der Waals surface area contributed by atoms with Gasteiger partial charge in [-0.1, -0.05) is 47.0 Å². The number of carbonyl (C=O) groups is 2. The van der Waals surface area contributed by atoms with E-state index in [1.165, 1.54) is 0 Å². The minimum absolute atomic E-state index is 0.0853. The largest absolute Gasteiger partial charge is 0.459 e. The molecule has 4 atom stereocenters. The lowest BCUT2D eigenvalue weighted by atomic mass is 9.46. The van der Waals surface area contributed by atoms with Gasteiger partial charge < -0.3 is 14.6 Å². The van der Waals surface area contributed by atoms with Crippen molar-refractivity contribution in [3.8, 4) is 0 Å². The van der Waals surface area contributed by atoms with Crippen molar-refractivity contribution >= 4 is 11.9 Å². The van der Waals surface area contributed by atoms with Gasteiger partial charge in [-0.3, -0.25) is 4.79 Å². The average Bonchev–Trinajstić information content (AvgIpc) is 2.84. The fraction of sp³-hybridized carbons (Fsp3) is 0.810. The molecule has 5 heteroatoms. The van der Waals surface area contributed by atoms with E-state index in [4.69, 9.17) is 9.47 Å². The summed E-state index contributed by atoms with van der Waals surface area (Å²) in [5, 5.41) is 11.4. The molecule has 0 aromatic carbocycles. The molecule has 0 bridgehead atoms. The normalized spacial score (nSPS) is 38.0. The first-order valence-electron chi connectivity index (χ1n) is 9.97. The van der Waals surface area contributed by atoms with Crippen molar-refractivity contribution in [3.05, 3.63) is 11.6 Å². The lowest BCUT2D eigenvalue weighted by Crippen LogP contribution is -2.65. The van der Waals surface area contributed by atoms with Gasteiger partial charge in [-0.15, -0.1) is 0 Å². The van der Waals surface area contributed by atoms with Gasteiger partial charge >= 0.3 is 11.9 Å². The quantitative estimate of drug-likeness (QED) is 0.459. The van der Waals surface area contributed by atoms with Crippen LogP contribution >= 0.6 is 0 Å². The summed E-state index contributed by atoms with van der Waals surface area (Å²) >= 11 is 0. The van der Waals surface area contributed by atoms with Crippen molar-refractivity contribution in [2.45, 2.75) is 84.3 Å². The molecule has 0 radical (unpaired) electrons. The molecule has 1 saturated heterocycles. The van der Waals surface area contributed by atoms with Crippen LogP contribution in [-0.4, -0.2) is 35.4 Å². The van der Waals surface area contributed by atoms with Gasteiger partial charge in [0.05, 0.1) is 0 Å². The van der Waals surface area contributed by atoms with Gasteiger partial charge in [0.25, 0.3) is 0 Å². The molecule has 0 aromatic rings. The molecule has 3 aliphatic rings. The first kappa shape index (κ1) is 19.4. The lowest BCUT2D eigenvalue weighted by Gasteiger charge is -2.59. The number of aliphatic hydroxyl groups is 1. The van der Waals surface area contributed by atoms with E-state index in [1.807, 2.05) is 6.92 Å². The number of esters is 2. The highest BCUT2D eigenvalue weighted by atomic mass is 16.6. The predicted molar refractivity (Wildman–Crippen MR) is 97.2 cm³/mol. The number of rotatable bonds is 5. The van der Waals surface area contributed by atoms with Crippen LogP contribution in [0.15, 0.2) is 11.6 Å². The number of ether oxygens (including phenoxy) is 2. The first-order valence-corrected chi connectivity index (χ1v) is 9.97. The third-order valence-corrected chi connectivity index (χ3v) is 6.94. The lowest BCUT2D eigenvalue weighted by molar-refractivity contribution is -0.196. The van der Waals surface area contributed by atoms with Gasteiger partial charge in [0.15, 0.2) is 5.60 Å². The van der Waals surface area contributed by atoms with E-state index in [1.54, 1.807) is 6.08 Å². The van der Waals surface area contributed by atoms with Crippen LogP contribution in [0, 0.1) is 16.7 Å². The Hall–Kier alpha value is -1.36. The van der Waals surface area contributed by atoms with E-state index in [0.717, 1.165) is 32.1 Å². The molecule has 0 spiro atoms. The zero-order chi connectivity index (χ0) is 19.2. The van der Waals surface area contributed by atoms with Gasteiger partial charge in [-0.2, -0.15) is 0 Å². The van der Waals surface area contributed by atoms with Crippen LogP contribution in [0.1, 0.15) is 72.6 Å². The molecular weight excluding hydrogens is 332 g/mol. The minimum Gasteiger partial charge on any atom is -0.459 e. The maximum absolute atomic E-state index is 12.5. The zero-order valence-corrected chi connectivity index (χ0v) is 16.5. The Labute approximate surface area is 156 Å². The van der Waals surface area contributed by atoms with Gasteiger partial charge in [-0.05, 0) is 30.8 Å². The Morgan fingerprint density at radius 2 is 2.04 bits per heavy atom. The third-order valence-electron chi connectivity index (χ3n) is 6.94. The Kier molecular flexibility index (Phi) is 4.97. The summed E-state index contributed by atoms with van der Waals surface area (Å²) < 4.78 is 11.1. The van der Waals surface area contributed by atoms with Crippen LogP contribution in [0.25, 0.3) is 0 Å². The Morgan fingerprint density at radius 1 is 1.31 bits per heavy atom. The molecule has 4 unspecified atom stereocenters. The molecule has 1 heterocycles. The number of unbranched alkanes of at least 4 members (excludes halogenated alkanes) is 2. The fourth-order valence-corrected chi connectivity index (χ4v) is 5.68. The molecule has 1 aliphatic heterocycles. The topological polar surface area (TPSA) is 72.8 Å². The van der Waals surface area contributed by atoms with Crippen LogP contribution in [0.4, 0.5) is 0 Å². The van der Waals surface area contributed by atoms with Gasteiger partial charge in [0.2, 0.25) is 0 Å². The Balaban J connectivity index is 1.95. The van der Waals surface area contributed by atoms with Crippen LogP contribution in [-0.2, 0) is 19.1 Å². The van der Waals surface area contributed by atoms with Crippen molar-refractivity contribution in [3.63, 3.8) is 0 Å². The third kappa shape index (κ3) is 2.79. The summed E-state index contributed by atoms with van der Waals surface area (Å²) in [7, 11) is 0. The number of fused-ring (bicyclic) bond motifs is 3. The highest BCUT2D eigenvalue weighted by molar-refractivity contribution is 5.88. The van der Waals surface area contributed by atoms with Crippen molar-refractivity contribution in [2.75, 3.05) is 6.61 Å². The van der Waals surface area contributed by atoms with Crippen molar-refractivity contribution in [2.24, 2.45) is 16.7 Å². The molecule has 3 rings (SSSR count). The number of carbonyl (C=O) groups excluding carboxylic acids is 2. The summed E-state index contributed by atoms with van der Waals surface area (Å²) in [5.74, 6) is -0.875. The standard InChI is InChI=1S/C21H32O5/c1-5-6-7-9-16(22)26-15-12-14-13-25-18(23)21(14,24)20(4)11-8-10-19(2,3)17(15)20/h12,15,17,24H,5-11,13H2,1-4H3. The van der Waals surface area contributed by atoms with E-state index in [0.29, 0.717) is 18.4 Å². The SMILES string of the molecule is CCCCCC(=O)OC1C=C2COC(=O)C2(O)C2(C)CCCC(C)(C)C12. The number of hydrogen-bond acceptors (Lipinski definition) is 5. The molecular formula is C21H32O5. The molecule has 2 fully saturated rings. The monoisotopic (exact) mass is 364 g/mol. The summed E-state index contributed by atoms with van der Waals surface area (Å²) in [6, 6.07) is 0. The maximum Gasteiger partial charge on any atom is 0.343 e. The molecule has 1 saturated carbocycles. The van der Waals surface area contributed by atoms with Crippen LogP contribution < -0.4 is 0 Å². The minimum atomic E-state index is -1.60. The van der Waals surface area contributed by atoms with E-state index >= 15 is 0 Å². The van der Waals surface area contributed by atoms with E-state index in [-0.39, 0.29) is 23.9 Å². The second-order valence-corrected chi connectivity index (χ2v) is 9.13. The van der Waals surface area contributed by atoms with Gasteiger partial charge in [0, 0.05) is 23.3 Å². The highest BCUT2D eigenvalue weighted by Gasteiger charge is 2.69. The zero-order valence-electron chi connectivity index (χ0n) is 16.5. The molecule has 146 valence electrons. The van der Waals surface area contributed by atoms with Crippen molar-refractivity contribution in [1.29, 1.82) is 0 Å². The average molecular weight is 364 g/mol. The number of cyclic esters (lactones) is 1. The first-order chi connectivity index (χ1) is 12.2. The molecule has 5 nitrogen and oxygen atoms in total. The molecule has 26 heavy (non-hydrogen) atoms. The van der Waals surface area contributed by atoms with E-state index in [9.17, 15) is 14.7 Å². The maximum atomic E-state index is 12.5. The summed E-state index contributed by atoms with van der Waals surface area (Å²) in [4.78, 5) is 24.9. The predicted octanol–water partition coefficient (Wildman–Crippen LogP) is 3.54. The number of hydrogen-bond donors (Lipinski definition) is 1. The van der Waals surface area contributed by atoms with Gasteiger partial charge in [0.1, 0.15) is 12.7 Å². The van der Waals surface area contributed by atoms with Crippen LogP contribution in [0.3, 0.4) is 0 Å². The van der Waals surface area contributed by atoms with Crippen LogP contribution in [0.5, 0.6) is 0 Å². The fourth-order valence-electron chi connectivity index (χ4n) is 5.68. The second kappa shape index (κ2) is 6.66. The summed E-state index contributed by atoms with van der Waals surface area (Å²) in [5.41, 5.74) is -1.88. The summed E-state index contributed by atoms with van der Waals surface area (Å²) in [6.07, 6.45) is 7.30. The second-order valence-electron chi connectivity index (χ2n) is 9.13. The van der Waals surface area contributed by atoms with Crippen molar-refractivity contribution in [1.82, 2.24) is 0 Å².